The molecule has 0 aliphatic rings. The van der Waals surface area contributed by atoms with Gasteiger partial charge in [-0.2, -0.15) is 0 Å². The van der Waals surface area contributed by atoms with Crippen LogP contribution in [0.2, 0.25) is 0 Å². The summed E-state index contributed by atoms with van der Waals surface area (Å²) >= 11 is 1.48. The number of hydrogen-bond donors (Lipinski definition) is 1. The van der Waals surface area contributed by atoms with Gasteiger partial charge in [0.05, 0.1) is 11.3 Å². The van der Waals surface area contributed by atoms with Crippen molar-refractivity contribution in [3.8, 4) is 0 Å². The largest absolute Gasteiger partial charge is 0.348 e. The molecule has 21 heavy (non-hydrogen) atoms. The van der Waals surface area contributed by atoms with Crippen molar-refractivity contribution in [1.82, 2.24) is 15.3 Å². The molecule has 1 N–H and O–H groups in total. The summed E-state index contributed by atoms with van der Waals surface area (Å²) in [7, 11) is 0. The Balaban J connectivity index is 2.12. The van der Waals surface area contributed by atoms with E-state index in [0.29, 0.717) is 23.7 Å². The van der Waals surface area contributed by atoms with Crippen molar-refractivity contribution in [2.75, 3.05) is 6.26 Å². The van der Waals surface area contributed by atoms with Crippen molar-refractivity contribution >= 4 is 17.7 Å². The summed E-state index contributed by atoms with van der Waals surface area (Å²) in [6.07, 6.45) is 4.25. The summed E-state index contributed by atoms with van der Waals surface area (Å²) in [4.78, 5) is 20.9. The van der Waals surface area contributed by atoms with Crippen LogP contribution in [0.25, 0.3) is 0 Å². The van der Waals surface area contributed by atoms with Gasteiger partial charge < -0.3 is 5.32 Å². The van der Waals surface area contributed by atoms with Crippen LogP contribution in [-0.2, 0) is 13.0 Å². The third-order valence-electron chi connectivity index (χ3n) is 3.31. The maximum Gasteiger partial charge on any atom is 0.254 e. The van der Waals surface area contributed by atoms with Crippen molar-refractivity contribution in [1.29, 1.82) is 0 Å². The van der Waals surface area contributed by atoms with E-state index >= 15 is 0 Å². The van der Waals surface area contributed by atoms with E-state index in [2.05, 4.69) is 15.3 Å². The molecule has 1 heterocycles. The second kappa shape index (κ2) is 7.22. The van der Waals surface area contributed by atoms with Crippen molar-refractivity contribution in [3.05, 3.63) is 52.8 Å². The van der Waals surface area contributed by atoms with Gasteiger partial charge in [0.2, 0.25) is 0 Å². The first-order valence-corrected chi connectivity index (χ1v) is 8.10. The van der Waals surface area contributed by atoms with Gasteiger partial charge in [-0.1, -0.05) is 43.0 Å². The van der Waals surface area contributed by atoms with Crippen LogP contribution in [0.5, 0.6) is 0 Å². The number of amides is 1. The van der Waals surface area contributed by atoms with E-state index in [1.807, 2.05) is 44.4 Å². The quantitative estimate of drug-likeness (QED) is 0.681. The van der Waals surface area contributed by atoms with Crippen LogP contribution in [-0.4, -0.2) is 22.1 Å². The smallest absolute Gasteiger partial charge is 0.254 e. The lowest BCUT2D eigenvalue weighted by Crippen LogP contribution is -2.25. The molecule has 0 radical (unpaired) electrons. The molecule has 0 bridgehead atoms. The lowest BCUT2D eigenvalue weighted by atomic mass is 10.1. The summed E-state index contributed by atoms with van der Waals surface area (Å²) in [5, 5.41) is 3.64. The minimum absolute atomic E-state index is 0.122. The Labute approximate surface area is 129 Å². The van der Waals surface area contributed by atoms with E-state index < -0.39 is 0 Å². The molecule has 2 rings (SSSR count). The molecule has 0 saturated carbocycles. The van der Waals surface area contributed by atoms with Crippen LogP contribution in [0.4, 0.5) is 0 Å². The Hall–Kier alpha value is -1.88. The summed E-state index contributed by atoms with van der Waals surface area (Å²) in [6.45, 7) is 4.54. The number of hydrogen-bond acceptors (Lipinski definition) is 4. The summed E-state index contributed by atoms with van der Waals surface area (Å²) in [5.41, 5.74) is 3.63. The number of aromatic nitrogens is 2. The zero-order valence-electron chi connectivity index (χ0n) is 12.5. The molecule has 0 aliphatic carbocycles. The number of thioether (sulfide) groups is 1. The molecule has 0 unspecified atom stereocenters. The first-order valence-electron chi connectivity index (χ1n) is 6.88. The van der Waals surface area contributed by atoms with Crippen LogP contribution in [0.1, 0.15) is 34.1 Å². The number of carbonyl (C=O) groups is 1. The van der Waals surface area contributed by atoms with Gasteiger partial charge in [-0.15, -0.1) is 0 Å². The monoisotopic (exact) mass is 301 g/mol. The van der Waals surface area contributed by atoms with Gasteiger partial charge >= 0.3 is 0 Å². The zero-order valence-corrected chi connectivity index (χ0v) is 13.3. The van der Waals surface area contributed by atoms with E-state index in [9.17, 15) is 4.79 Å². The van der Waals surface area contributed by atoms with E-state index in [-0.39, 0.29) is 5.91 Å². The van der Waals surface area contributed by atoms with Crippen molar-refractivity contribution in [3.63, 3.8) is 0 Å². The Bertz CT molecular complexity index is 643. The molecule has 5 heteroatoms. The third-order valence-corrected chi connectivity index (χ3v) is 3.87. The maximum absolute atomic E-state index is 12.3. The summed E-state index contributed by atoms with van der Waals surface area (Å²) < 4.78 is 0. The van der Waals surface area contributed by atoms with Gasteiger partial charge in [-0.25, -0.2) is 9.97 Å². The molecule has 0 spiro atoms. The van der Waals surface area contributed by atoms with Gasteiger partial charge in [-0.05, 0) is 30.7 Å². The summed E-state index contributed by atoms with van der Waals surface area (Å²) in [5.74, 6) is -0.122. The van der Waals surface area contributed by atoms with E-state index in [1.54, 1.807) is 6.20 Å². The number of rotatable bonds is 5. The van der Waals surface area contributed by atoms with Crippen LogP contribution >= 0.6 is 11.8 Å². The predicted molar refractivity (Wildman–Crippen MR) is 85.5 cm³/mol. The van der Waals surface area contributed by atoms with Crippen molar-refractivity contribution < 1.29 is 4.79 Å². The fourth-order valence-corrected chi connectivity index (χ4v) is 2.40. The molecule has 110 valence electrons. The van der Waals surface area contributed by atoms with E-state index in [4.69, 9.17) is 0 Å². The third kappa shape index (κ3) is 3.82. The average Bonchev–Trinajstić information content (AvgIpc) is 2.53. The Morgan fingerprint density at radius 2 is 2.10 bits per heavy atom. The zero-order chi connectivity index (χ0) is 15.2. The lowest BCUT2D eigenvalue weighted by molar-refractivity contribution is 0.0949. The fraction of sp³-hybridized carbons (Fsp3) is 0.312. The first kappa shape index (κ1) is 15.5. The molecule has 0 atom stereocenters. The Morgan fingerprint density at radius 3 is 2.76 bits per heavy atom. The molecule has 0 saturated heterocycles. The molecule has 1 aromatic heterocycles. The minimum Gasteiger partial charge on any atom is -0.348 e. The standard InChI is InChI=1S/C16H19N3OS/c1-4-14-13(10-18-16(19-14)21-3)15(20)17-9-12-8-6-5-7-11(12)2/h5-8,10H,4,9H2,1-3H3,(H,17,20). The fourth-order valence-electron chi connectivity index (χ4n) is 2.04. The number of nitrogens with one attached hydrogen (secondary N) is 1. The highest BCUT2D eigenvalue weighted by molar-refractivity contribution is 7.98. The van der Waals surface area contributed by atoms with Gasteiger partial charge in [0.25, 0.3) is 5.91 Å². The molecule has 1 amide bonds. The highest BCUT2D eigenvalue weighted by Crippen LogP contribution is 2.13. The molecular formula is C16H19N3OS. The van der Waals surface area contributed by atoms with Crippen molar-refractivity contribution in [2.45, 2.75) is 32.0 Å². The van der Waals surface area contributed by atoms with Gasteiger partial charge in [0.1, 0.15) is 0 Å². The second-order valence-electron chi connectivity index (χ2n) is 4.68. The summed E-state index contributed by atoms with van der Waals surface area (Å²) in [6, 6.07) is 8.02. The van der Waals surface area contributed by atoms with Gasteiger partial charge in [0, 0.05) is 12.7 Å². The van der Waals surface area contributed by atoms with Crippen molar-refractivity contribution in [2.24, 2.45) is 0 Å². The predicted octanol–water partition coefficient (Wildman–Crippen LogP) is 3.00. The van der Waals surface area contributed by atoms with E-state index in [0.717, 1.165) is 11.3 Å². The molecule has 2 aromatic rings. The van der Waals surface area contributed by atoms with Gasteiger partial charge in [0.15, 0.2) is 5.16 Å². The van der Waals surface area contributed by atoms with Crippen LogP contribution in [0, 0.1) is 6.92 Å². The molecule has 0 aliphatic heterocycles. The normalized spacial score (nSPS) is 10.4. The molecular weight excluding hydrogens is 282 g/mol. The number of aryl methyl sites for hydroxylation is 2. The molecule has 1 aromatic carbocycles. The number of nitrogens with zero attached hydrogens (tertiary/aromatic N) is 2. The minimum atomic E-state index is -0.122. The highest BCUT2D eigenvalue weighted by Gasteiger charge is 2.13. The number of benzene rings is 1. The Kier molecular flexibility index (Phi) is 5.33. The molecule has 4 nitrogen and oxygen atoms in total. The highest BCUT2D eigenvalue weighted by atomic mass is 32.2. The topological polar surface area (TPSA) is 54.9 Å². The number of carbonyl (C=O) groups excluding carboxylic acids is 1. The average molecular weight is 301 g/mol. The molecule has 0 fully saturated rings. The van der Waals surface area contributed by atoms with Crippen LogP contribution in [0.15, 0.2) is 35.6 Å². The first-order chi connectivity index (χ1) is 10.2. The SMILES string of the molecule is CCc1nc(SC)ncc1C(=O)NCc1ccccc1C. The van der Waals surface area contributed by atoms with Gasteiger partial charge in [-0.3, -0.25) is 4.79 Å². The van der Waals surface area contributed by atoms with Crippen LogP contribution < -0.4 is 5.32 Å². The lowest BCUT2D eigenvalue weighted by Gasteiger charge is -2.10. The second-order valence-corrected chi connectivity index (χ2v) is 5.45. The van der Waals surface area contributed by atoms with Crippen LogP contribution in [0.3, 0.4) is 0 Å². The van der Waals surface area contributed by atoms with E-state index in [1.165, 1.54) is 17.3 Å². The Morgan fingerprint density at radius 1 is 1.33 bits per heavy atom. The maximum atomic E-state index is 12.3.